The molecule has 124 valence electrons. The van der Waals surface area contributed by atoms with Crippen molar-refractivity contribution in [1.29, 1.82) is 0 Å². The predicted molar refractivity (Wildman–Crippen MR) is 90.0 cm³/mol. The van der Waals surface area contributed by atoms with E-state index in [1.165, 1.54) is 7.11 Å². The number of amides is 1. The van der Waals surface area contributed by atoms with Gasteiger partial charge >= 0.3 is 6.09 Å². The molecule has 24 heavy (non-hydrogen) atoms. The molecule has 0 spiro atoms. The Hall–Kier alpha value is -3.02. The minimum absolute atomic E-state index is 0.560. The van der Waals surface area contributed by atoms with Crippen LogP contribution in [0.3, 0.4) is 0 Å². The Balaban J connectivity index is 1.99. The fourth-order valence-electron chi connectivity index (χ4n) is 2.55. The maximum absolute atomic E-state index is 11.7. The van der Waals surface area contributed by atoms with E-state index in [2.05, 4.69) is 10.3 Å². The molecule has 3 aromatic rings. The van der Waals surface area contributed by atoms with Crippen LogP contribution in [-0.2, 0) is 4.74 Å². The number of carbonyl (C=O) groups excluding carboxylic acids is 1. The molecule has 0 bridgehead atoms. The number of rotatable bonds is 4. The van der Waals surface area contributed by atoms with Gasteiger partial charge in [-0.2, -0.15) is 0 Å². The quantitative estimate of drug-likeness (QED) is 0.747. The minimum atomic E-state index is -0.679. The average molecular weight is 325 g/mol. The van der Waals surface area contributed by atoms with E-state index in [0.29, 0.717) is 11.4 Å². The van der Waals surface area contributed by atoms with Crippen LogP contribution in [0.15, 0.2) is 48.8 Å². The van der Waals surface area contributed by atoms with Crippen LogP contribution in [0.4, 0.5) is 4.79 Å². The molecule has 6 heteroatoms. The first-order chi connectivity index (χ1) is 11.6. The van der Waals surface area contributed by atoms with Crippen molar-refractivity contribution in [2.24, 2.45) is 0 Å². The molecule has 0 aliphatic heterocycles. The van der Waals surface area contributed by atoms with Gasteiger partial charge in [0.1, 0.15) is 0 Å². The van der Waals surface area contributed by atoms with Gasteiger partial charge < -0.3 is 13.9 Å². The van der Waals surface area contributed by atoms with E-state index in [-0.39, 0.29) is 0 Å². The summed E-state index contributed by atoms with van der Waals surface area (Å²) in [4.78, 5) is 16.2. The third kappa shape index (κ3) is 3.17. The van der Waals surface area contributed by atoms with Gasteiger partial charge in [0.05, 0.1) is 12.8 Å². The maximum atomic E-state index is 11.7. The van der Waals surface area contributed by atoms with E-state index >= 15 is 0 Å². The lowest BCUT2D eigenvalue weighted by atomic mass is 10.1. The van der Waals surface area contributed by atoms with Crippen LogP contribution in [-0.4, -0.2) is 22.6 Å². The second-order valence-electron chi connectivity index (χ2n) is 5.48. The highest BCUT2D eigenvalue weighted by molar-refractivity contribution is 5.67. The van der Waals surface area contributed by atoms with Crippen LogP contribution < -0.4 is 10.1 Å². The van der Waals surface area contributed by atoms with Crippen molar-refractivity contribution in [2.45, 2.75) is 20.1 Å². The molecule has 1 unspecified atom stereocenters. The van der Waals surface area contributed by atoms with Crippen molar-refractivity contribution in [3.8, 4) is 5.75 Å². The van der Waals surface area contributed by atoms with E-state index in [0.717, 1.165) is 16.8 Å². The molecule has 1 amide bonds. The highest BCUT2D eigenvalue weighted by Crippen LogP contribution is 2.26. The number of imidazole rings is 1. The molecular weight excluding hydrogens is 306 g/mol. The van der Waals surface area contributed by atoms with Gasteiger partial charge in [0, 0.05) is 18.0 Å². The summed E-state index contributed by atoms with van der Waals surface area (Å²) in [5.74, 6) is 0.579. The molecule has 2 heterocycles. The Bertz CT molecular complexity index is 873. The highest BCUT2D eigenvalue weighted by atomic mass is 16.6. The number of alkyl carbamates (subject to hydrolysis) is 1. The number of nitrogens with one attached hydrogen (secondary N) is 1. The van der Waals surface area contributed by atoms with Gasteiger partial charge in [0.2, 0.25) is 6.23 Å². The number of methoxy groups -OCH3 is 1. The molecule has 2 aromatic heterocycles. The average Bonchev–Trinajstić information content (AvgIpc) is 2.96. The summed E-state index contributed by atoms with van der Waals surface area (Å²) in [5.41, 5.74) is 3.44. The van der Waals surface area contributed by atoms with Crippen LogP contribution in [0.5, 0.6) is 5.75 Å². The number of pyridine rings is 1. The van der Waals surface area contributed by atoms with Crippen molar-refractivity contribution in [1.82, 2.24) is 14.7 Å². The normalized spacial score (nSPS) is 12.0. The standard InChI is InChI=1S/C18H19N3O3/c1-12-7-4-5-8-14(12)17(20-18(22)23-3)24-15-9-6-10-21-11-13(2)19-16(15)21/h4-11,17H,1-3H3,(H,20,22). The number of nitrogens with zero attached hydrogens (tertiary/aromatic N) is 2. The SMILES string of the molecule is COC(=O)NC(Oc1cccn2cc(C)nc12)c1ccccc1C. The molecule has 0 aliphatic carbocycles. The van der Waals surface area contributed by atoms with Gasteiger partial charge in [0.25, 0.3) is 0 Å². The van der Waals surface area contributed by atoms with Crippen molar-refractivity contribution < 1.29 is 14.3 Å². The summed E-state index contributed by atoms with van der Waals surface area (Å²) in [6.07, 6.45) is 2.58. The second-order valence-corrected chi connectivity index (χ2v) is 5.48. The van der Waals surface area contributed by atoms with Gasteiger partial charge in [-0.05, 0) is 31.5 Å². The molecule has 1 atom stereocenters. The summed E-state index contributed by atoms with van der Waals surface area (Å²) in [5, 5.41) is 2.72. The second kappa shape index (κ2) is 6.62. The number of benzene rings is 1. The van der Waals surface area contributed by atoms with Crippen molar-refractivity contribution in [2.75, 3.05) is 7.11 Å². The zero-order valence-corrected chi connectivity index (χ0v) is 13.8. The predicted octanol–water partition coefficient (Wildman–Crippen LogP) is 3.38. The zero-order valence-electron chi connectivity index (χ0n) is 13.8. The van der Waals surface area contributed by atoms with E-state index in [1.807, 2.05) is 67.0 Å². The van der Waals surface area contributed by atoms with E-state index in [4.69, 9.17) is 9.47 Å². The Morgan fingerprint density at radius 2 is 2.00 bits per heavy atom. The summed E-state index contributed by atoms with van der Waals surface area (Å²) < 4.78 is 12.7. The number of hydrogen-bond donors (Lipinski definition) is 1. The Morgan fingerprint density at radius 3 is 2.75 bits per heavy atom. The Kier molecular flexibility index (Phi) is 4.37. The fourth-order valence-corrected chi connectivity index (χ4v) is 2.55. The van der Waals surface area contributed by atoms with Gasteiger partial charge in [-0.3, -0.25) is 5.32 Å². The summed E-state index contributed by atoms with van der Waals surface area (Å²) >= 11 is 0. The molecule has 1 N–H and O–H groups in total. The van der Waals surface area contributed by atoms with Gasteiger partial charge in [-0.1, -0.05) is 24.3 Å². The first kappa shape index (κ1) is 15.9. The van der Waals surface area contributed by atoms with Crippen LogP contribution >= 0.6 is 0 Å². The lowest BCUT2D eigenvalue weighted by Crippen LogP contribution is -2.32. The minimum Gasteiger partial charge on any atom is -0.462 e. The Labute approximate surface area is 140 Å². The van der Waals surface area contributed by atoms with Crippen molar-refractivity contribution in [3.05, 3.63) is 65.6 Å². The third-order valence-electron chi connectivity index (χ3n) is 3.72. The van der Waals surface area contributed by atoms with Gasteiger partial charge in [-0.25, -0.2) is 9.78 Å². The molecule has 3 rings (SSSR count). The summed E-state index contributed by atoms with van der Waals surface area (Å²) in [6.45, 7) is 3.88. The lowest BCUT2D eigenvalue weighted by Gasteiger charge is -2.21. The van der Waals surface area contributed by atoms with E-state index in [9.17, 15) is 4.79 Å². The molecule has 1 aromatic carbocycles. The zero-order chi connectivity index (χ0) is 17.1. The van der Waals surface area contributed by atoms with E-state index in [1.54, 1.807) is 0 Å². The van der Waals surface area contributed by atoms with Crippen LogP contribution in [0.25, 0.3) is 5.65 Å². The van der Waals surface area contributed by atoms with Crippen LogP contribution in [0.1, 0.15) is 23.0 Å². The monoisotopic (exact) mass is 325 g/mol. The molecule has 0 saturated heterocycles. The number of aromatic nitrogens is 2. The molecule has 6 nitrogen and oxygen atoms in total. The summed E-state index contributed by atoms with van der Waals surface area (Å²) in [7, 11) is 1.32. The lowest BCUT2D eigenvalue weighted by molar-refractivity contribution is 0.126. The van der Waals surface area contributed by atoms with Crippen molar-refractivity contribution >= 4 is 11.7 Å². The van der Waals surface area contributed by atoms with Crippen LogP contribution in [0, 0.1) is 13.8 Å². The topological polar surface area (TPSA) is 64.9 Å². The largest absolute Gasteiger partial charge is 0.462 e. The van der Waals surface area contributed by atoms with Gasteiger partial charge in [-0.15, -0.1) is 0 Å². The molecular formula is C18H19N3O3. The number of carbonyl (C=O) groups is 1. The number of aryl methyl sites for hydroxylation is 2. The van der Waals surface area contributed by atoms with Crippen molar-refractivity contribution in [3.63, 3.8) is 0 Å². The Morgan fingerprint density at radius 1 is 1.21 bits per heavy atom. The number of hydrogen-bond acceptors (Lipinski definition) is 4. The molecule has 0 fully saturated rings. The first-order valence-electron chi connectivity index (χ1n) is 7.59. The summed E-state index contributed by atoms with van der Waals surface area (Å²) in [6, 6.07) is 11.4. The molecule has 0 aliphatic rings. The number of fused-ring (bicyclic) bond motifs is 1. The highest BCUT2D eigenvalue weighted by Gasteiger charge is 2.20. The molecule has 0 radical (unpaired) electrons. The van der Waals surface area contributed by atoms with Gasteiger partial charge in [0.15, 0.2) is 11.4 Å². The maximum Gasteiger partial charge on any atom is 0.409 e. The first-order valence-corrected chi connectivity index (χ1v) is 7.59. The van der Waals surface area contributed by atoms with Crippen LogP contribution in [0.2, 0.25) is 0 Å². The fraction of sp³-hybridized carbons (Fsp3) is 0.222. The third-order valence-corrected chi connectivity index (χ3v) is 3.72. The smallest absolute Gasteiger partial charge is 0.409 e. The number of ether oxygens (including phenoxy) is 2. The molecule has 0 saturated carbocycles. The van der Waals surface area contributed by atoms with E-state index < -0.39 is 12.3 Å².